The van der Waals surface area contributed by atoms with E-state index in [0.29, 0.717) is 0 Å². The Kier molecular flexibility index (Phi) is 8.44. The second-order valence-electron chi connectivity index (χ2n) is 8.16. The van der Waals surface area contributed by atoms with Crippen molar-refractivity contribution < 1.29 is 13.2 Å². The average Bonchev–Trinajstić information content (AvgIpc) is 2.90. The van der Waals surface area contributed by atoms with Gasteiger partial charge in [-0.2, -0.15) is 4.31 Å². The summed E-state index contributed by atoms with van der Waals surface area (Å²) in [6, 6.07) is 31.9. The Balaban J connectivity index is 1.66. The zero-order chi connectivity index (χ0) is 25.5. The van der Waals surface area contributed by atoms with Crippen LogP contribution in [0.25, 0.3) is 0 Å². The first-order chi connectivity index (χ1) is 17.3. The number of benzene rings is 4. The van der Waals surface area contributed by atoms with Crippen LogP contribution in [-0.4, -0.2) is 25.2 Å². The second kappa shape index (κ2) is 11.7. The smallest absolute Gasteiger partial charge is 0.245 e. The molecule has 0 atom stereocenters. The molecule has 0 aliphatic rings. The first kappa shape index (κ1) is 25.9. The molecule has 8 heteroatoms. The molecule has 0 saturated heterocycles. The maximum atomic E-state index is 13.7. The van der Waals surface area contributed by atoms with Crippen molar-refractivity contribution in [1.82, 2.24) is 9.62 Å². The van der Waals surface area contributed by atoms with E-state index in [1.165, 1.54) is 18.2 Å². The molecule has 0 heterocycles. The van der Waals surface area contributed by atoms with Crippen LogP contribution < -0.4 is 5.32 Å². The maximum absolute atomic E-state index is 13.7. The first-order valence-electron chi connectivity index (χ1n) is 11.2. The minimum Gasteiger partial charge on any atom is -0.344 e. The molecule has 1 N–H and O–H groups in total. The predicted octanol–water partition coefficient (Wildman–Crippen LogP) is 6.09. The molecule has 1 amide bonds. The van der Waals surface area contributed by atoms with Crippen LogP contribution in [0.3, 0.4) is 0 Å². The fraction of sp³-hybridized carbons (Fsp3) is 0.107. The SMILES string of the molecule is O=C(CN(Cc1ccccc1)S(=O)(=O)c1cc(Cl)ccc1Cl)NC(c1ccccc1)c1ccccc1. The monoisotopic (exact) mass is 538 g/mol. The van der Waals surface area contributed by atoms with Crippen molar-refractivity contribution in [2.45, 2.75) is 17.5 Å². The summed E-state index contributed by atoms with van der Waals surface area (Å²) in [5, 5.41) is 3.27. The molecule has 4 aromatic rings. The van der Waals surface area contributed by atoms with E-state index in [1.54, 1.807) is 12.1 Å². The number of sulfonamides is 1. The summed E-state index contributed by atoms with van der Waals surface area (Å²) in [5.74, 6) is -0.453. The largest absolute Gasteiger partial charge is 0.344 e. The average molecular weight is 539 g/mol. The summed E-state index contributed by atoms with van der Waals surface area (Å²) < 4.78 is 28.5. The molecule has 5 nitrogen and oxygen atoms in total. The summed E-state index contributed by atoms with van der Waals surface area (Å²) >= 11 is 12.3. The lowest BCUT2D eigenvalue weighted by Gasteiger charge is -2.25. The van der Waals surface area contributed by atoms with Gasteiger partial charge in [0.2, 0.25) is 15.9 Å². The lowest BCUT2D eigenvalue weighted by Crippen LogP contribution is -2.41. The van der Waals surface area contributed by atoms with E-state index >= 15 is 0 Å². The van der Waals surface area contributed by atoms with Gasteiger partial charge in [0.05, 0.1) is 17.6 Å². The lowest BCUT2D eigenvalue weighted by molar-refractivity contribution is -0.121. The summed E-state index contributed by atoms with van der Waals surface area (Å²) in [6.45, 7) is -0.420. The van der Waals surface area contributed by atoms with E-state index in [9.17, 15) is 13.2 Å². The van der Waals surface area contributed by atoms with Crippen LogP contribution in [-0.2, 0) is 21.4 Å². The number of nitrogens with one attached hydrogen (secondary N) is 1. The van der Waals surface area contributed by atoms with Gasteiger partial charge in [-0.25, -0.2) is 8.42 Å². The lowest BCUT2D eigenvalue weighted by atomic mass is 9.99. The highest BCUT2D eigenvalue weighted by atomic mass is 35.5. The van der Waals surface area contributed by atoms with E-state index in [4.69, 9.17) is 23.2 Å². The Morgan fingerprint density at radius 1 is 0.778 bits per heavy atom. The van der Waals surface area contributed by atoms with Crippen molar-refractivity contribution in [3.8, 4) is 0 Å². The van der Waals surface area contributed by atoms with Gasteiger partial charge in [-0.05, 0) is 34.9 Å². The fourth-order valence-electron chi connectivity index (χ4n) is 3.84. The maximum Gasteiger partial charge on any atom is 0.245 e. The highest BCUT2D eigenvalue weighted by molar-refractivity contribution is 7.89. The van der Waals surface area contributed by atoms with Crippen molar-refractivity contribution in [1.29, 1.82) is 0 Å². The zero-order valence-corrected chi connectivity index (χ0v) is 21.5. The third-order valence-electron chi connectivity index (χ3n) is 5.60. The molecule has 0 aliphatic carbocycles. The van der Waals surface area contributed by atoms with E-state index in [1.807, 2.05) is 78.9 Å². The van der Waals surface area contributed by atoms with Crippen molar-refractivity contribution >= 4 is 39.1 Å². The molecule has 0 aliphatic heterocycles. The topological polar surface area (TPSA) is 66.5 Å². The van der Waals surface area contributed by atoms with Gasteiger partial charge in [-0.15, -0.1) is 0 Å². The minimum atomic E-state index is -4.16. The normalized spacial score (nSPS) is 11.6. The summed E-state index contributed by atoms with van der Waals surface area (Å²) in [6.07, 6.45) is 0. The van der Waals surface area contributed by atoms with Crippen LogP contribution in [0.1, 0.15) is 22.7 Å². The number of hydrogen-bond acceptors (Lipinski definition) is 3. The number of nitrogens with zero attached hydrogens (tertiary/aromatic N) is 1. The zero-order valence-electron chi connectivity index (χ0n) is 19.2. The van der Waals surface area contributed by atoms with E-state index < -0.39 is 28.5 Å². The van der Waals surface area contributed by atoms with Crippen LogP contribution in [0.4, 0.5) is 0 Å². The third-order valence-corrected chi connectivity index (χ3v) is 8.11. The van der Waals surface area contributed by atoms with E-state index in [0.717, 1.165) is 21.0 Å². The molecule has 0 radical (unpaired) electrons. The number of carbonyl (C=O) groups excluding carboxylic acids is 1. The first-order valence-corrected chi connectivity index (χ1v) is 13.4. The molecule has 0 aromatic heterocycles. The van der Waals surface area contributed by atoms with E-state index in [2.05, 4.69) is 5.32 Å². The number of rotatable bonds is 9. The molecule has 4 aromatic carbocycles. The number of amides is 1. The Labute approximate surface area is 221 Å². The van der Waals surface area contributed by atoms with Gasteiger partial charge in [0.25, 0.3) is 0 Å². The number of hydrogen-bond donors (Lipinski definition) is 1. The standard InChI is InChI=1S/C28H24Cl2N2O3S/c29-24-16-17-25(30)26(18-24)36(34,35)32(19-21-10-4-1-5-11-21)20-27(33)31-28(22-12-6-2-7-13-22)23-14-8-3-9-15-23/h1-18,28H,19-20H2,(H,31,33). The van der Waals surface area contributed by atoms with E-state index in [-0.39, 0.29) is 21.5 Å². The molecule has 36 heavy (non-hydrogen) atoms. The molecular formula is C28H24Cl2N2O3S. The van der Waals surface area contributed by atoms with Crippen LogP contribution in [0.15, 0.2) is 114 Å². The quantitative estimate of drug-likeness (QED) is 0.280. The minimum absolute atomic E-state index is 0.0131. The Morgan fingerprint density at radius 2 is 1.31 bits per heavy atom. The van der Waals surface area contributed by atoms with Crippen LogP contribution in [0.5, 0.6) is 0 Å². The molecule has 0 unspecified atom stereocenters. The predicted molar refractivity (Wildman–Crippen MR) is 143 cm³/mol. The van der Waals surface area contributed by atoms with Crippen LogP contribution in [0.2, 0.25) is 10.0 Å². The van der Waals surface area contributed by atoms with Gasteiger partial charge in [0, 0.05) is 11.6 Å². The Morgan fingerprint density at radius 3 is 1.86 bits per heavy atom. The van der Waals surface area contributed by atoms with Gasteiger partial charge in [0.1, 0.15) is 4.90 Å². The van der Waals surface area contributed by atoms with Crippen molar-refractivity contribution in [2.75, 3.05) is 6.54 Å². The van der Waals surface area contributed by atoms with Gasteiger partial charge in [-0.3, -0.25) is 4.79 Å². The highest BCUT2D eigenvalue weighted by Crippen LogP contribution is 2.29. The third kappa shape index (κ3) is 6.33. The summed E-state index contributed by atoms with van der Waals surface area (Å²) in [4.78, 5) is 13.2. The molecule has 0 fully saturated rings. The molecule has 0 bridgehead atoms. The molecule has 184 valence electrons. The Bertz CT molecular complexity index is 1380. The van der Waals surface area contributed by atoms with Crippen LogP contribution >= 0.6 is 23.2 Å². The van der Waals surface area contributed by atoms with Gasteiger partial charge >= 0.3 is 0 Å². The van der Waals surface area contributed by atoms with Gasteiger partial charge in [0.15, 0.2) is 0 Å². The molecule has 0 spiro atoms. The molecule has 0 saturated carbocycles. The molecule has 4 rings (SSSR count). The van der Waals surface area contributed by atoms with Gasteiger partial charge < -0.3 is 5.32 Å². The summed E-state index contributed by atoms with van der Waals surface area (Å²) in [5.41, 5.74) is 2.49. The fourth-order valence-corrected chi connectivity index (χ4v) is 5.97. The highest BCUT2D eigenvalue weighted by Gasteiger charge is 2.30. The van der Waals surface area contributed by atoms with Crippen molar-refractivity contribution in [3.05, 3.63) is 136 Å². The number of halogens is 2. The van der Waals surface area contributed by atoms with Crippen molar-refractivity contribution in [2.24, 2.45) is 0 Å². The van der Waals surface area contributed by atoms with Gasteiger partial charge in [-0.1, -0.05) is 114 Å². The second-order valence-corrected chi connectivity index (χ2v) is 10.9. The number of carbonyl (C=O) groups is 1. The molecular weight excluding hydrogens is 515 g/mol. The summed E-state index contributed by atoms with van der Waals surface area (Å²) in [7, 11) is -4.16. The van der Waals surface area contributed by atoms with Crippen molar-refractivity contribution in [3.63, 3.8) is 0 Å². The van der Waals surface area contributed by atoms with Crippen LogP contribution in [0, 0.1) is 0 Å². The Hall–Kier alpha value is -3.16.